The van der Waals surface area contributed by atoms with Crippen molar-refractivity contribution in [3.63, 3.8) is 0 Å². The Morgan fingerprint density at radius 2 is 2.17 bits per heavy atom. The molecule has 6 heteroatoms. The minimum Gasteiger partial charge on any atom is -0.389 e. The maximum absolute atomic E-state index is 12.3. The third-order valence-corrected chi connectivity index (χ3v) is 4.39. The first-order valence-electron chi connectivity index (χ1n) is 5.81. The Morgan fingerprint density at radius 1 is 1.39 bits per heavy atom. The van der Waals surface area contributed by atoms with E-state index in [2.05, 4.69) is 13.2 Å². The highest BCUT2D eigenvalue weighted by Crippen LogP contribution is 2.58. The molecule has 0 amide bonds. The van der Waals surface area contributed by atoms with Crippen LogP contribution in [0.4, 0.5) is 0 Å². The molecule has 100 valence electrons. The summed E-state index contributed by atoms with van der Waals surface area (Å²) in [5, 5.41) is 9.51. The van der Waals surface area contributed by atoms with Crippen LogP contribution in [0.2, 0.25) is 0 Å². The summed E-state index contributed by atoms with van der Waals surface area (Å²) >= 11 is 0. The van der Waals surface area contributed by atoms with Gasteiger partial charge in [0.15, 0.2) is 0 Å². The second-order valence-corrected chi connectivity index (χ2v) is 5.80. The fourth-order valence-corrected chi connectivity index (χ4v) is 3.51. The molecule has 2 heterocycles. The summed E-state index contributed by atoms with van der Waals surface area (Å²) in [6.45, 7) is 7.10. The molecule has 1 saturated heterocycles. The molecule has 2 bridgehead atoms. The van der Waals surface area contributed by atoms with E-state index in [1.54, 1.807) is 18.2 Å². The van der Waals surface area contributed by atoms with E-state index in [0.717, 1.165) is 0 Å². The fourth-order valence-electron chi connectivity index (χ4n) is 1.88. The average molecular weight is 272 g/mol. The Hall–Kier alpha value is -0.710. The van der Waals surface area contributed by atoms with Gasteiger partial charge >= 0.3 is 7.82 Å². The lowest BCUT2D eigenvalue weighted by atomic mass is 10.1. The standard InChI is InChI=1S/C12H17O5P/c1-3-9(13)7-11-5-6-12-8-10(4-2)15-18(14,16-11)17-12/h3-6,9-13H,1-2,7-8H2/t9-,10+,11-,12-,18?/m1/s1. The zero-order valence-corrected chi connectivity index (χ0v) is 10.9. The normalized spacial score (nSPS) is 40.8. The number of hydrogen-bond acceptors (Lipinski definition) is 5. The van der Waals surface area contributed by atoms with Crippen LogP contribution in [0.5, 0.6) is 0 Å². The predicted octanol–water partition coefficient (Wildman–Crippen LogP) is 2.35. The molecular formula is C12H17O5P. The zero-order valence-electron chi connectivity index (χ0n) is 9.97. The van der Waals surface area contributed by atoms with Gasteiger partial charge in [0.25, 0.3) is 0 Å². The minimum atomic E-state index is -3.58. The van der Waals surface area contributed by atoms with Crippen molar-refractivity contribution in [1.29, 1.82) is 0 Å². The maximum Gasteiger partial charge on any atom is 0.476 e. The topological polar surface area (TPSA) is 65.0 Å². The molecular weight excluding hydrogens is 255 g/mol. The van der Waals surface area contributed by atoms with Crippen LogP contribution in [-0.4, -0.2) is 29.5 Å². The summed E-state index contributed by atoms with van der Waals surface area (Å²) in [6, 6.07) is 0. The van der Waals surface area contributed by atoms with Crippen molar-refractivity contribution in [2.75, 3.05) is 0 Å². The van der Waals surface area contributed by atoms with Crippen molar-refractivity contribution in [1.82, 2.24) is 0 Å². The van der Waals surface area contributed by atoms with E-state index >= 15 is 0 Å². The lowest BCUT2D eigenvalue weighted by Gasteiger charge is -2.30. The van der Waals surface area contributed by atoms with Gasteiger partial charge in [0, 0.05) is 12.8 Å². The quantitative estimate of drug-likeness (QED) is 0.628. The number of hydrogen-bond donors (Lipinski definition) is 1. The molecule has 1 N–H and O–H groups in total. The van der Waals surface area contributed by atoms with Gasteiger partial charge in [-0.25, -0.2) is 4.57 Å². The van der Waals surface area contributed by atoms with Gasteiger partial charge in [0.05, 0.1) is 24.4 Å². The minimum absolute atomic E-state index is 0.266. The molecule has 2 aliphatic rings. The first-order chi connectivity index (χ1) is 8.54. The van der Waals surface area contributed by atoms with Crippen LogP contribution in [0.1, 0.15) is 12.8 Å². The molecule has 18 heavy (non-hydrogen) atoms. The maximum atomic E-state index is 12.3. The molecule has 5 nitrogen and oxygen atoms in total. The summed E-state index contributed by atoms with van der Waals surface area (Å²) in [5.41, 5.74) is 0. The molecule has 0 aliphatic carbocycles. The monoisotopic (exact) mass is 272 g/mol. The smallest absolute Gasteiger partial charge is 0.389 e. The molecule has 0 saturated carbocycles. The molecule has 0 radical (unpaired) electrons. The van der Waals surface area contributed by atoms with E-state index in [0.29, 0.717) is 6.42 Å². The SMILES string of the molecule is C=C[C@@H](O)C[C@H]1C=C[C@@H]2C[C@H](C=C)OP(=O)(O1)O2. The third kappa shape index (κ3) is 3.19. The van der Waals surface area contributed by atoms with Crippen LogP contribution in [0, 0.1) is 0 Å². The Morgan fingerprint density at radius 3 is 2.83 bits per heavy atom. The molecule has 0 aromatic heterocycles. The Kier molecular flexibility index (Phi) is 4.20. The third-order valence-electron chi connectivity index (χ3n) is 2.81. The van der Waals surface area contributed by atoms with E-state index in [9.17, 15) is 9.67 Å². The van der Waals surface area contributed by atoms with E-state index < -0.39 is 20.0 Å². The summed E-state index contributed by atoms with van der Waals surface area (Å²) in [5.74, 6) is 0. The van der Waals surface area contributed by atoms with Crippen LogP contribution in [0.3, 0.4) is 0 Å². The molecule has 1 unspecified atom stereocenters. The van der Waals surface area contributed by atoms with Gasteiger partial charge in [-0.3, -0.25) is 13.6 Å². The highest BCUT2D eigenvalue weighted by molar-refractivity contribution is 7.48. The van der Waals surface area contributed by atoms with Crippen molar-refractivity contribution in [3.8, 4) is 0 Å². The molecule has 5 atom stereocenters. The van der Waals surface area contributed by atoms with Gasteiger partial charge in [0.2, 0.25) is 0 Å². The predicted molar refractivity (Wildman–Crippen MR) is 67.0 cm³/mol. The highest BCUT2D eigenvalue weighted by atomic mass is 31.2. The second-order valence-electron chi connectivity index (χ2n) is 4.27. The Labute approximate surface area is 106 Å². The largest absolute Gasteiger partial charge is 0.476 e. The van der Waals surface area contributed by atoms with Gasteiger partial charge in [-0.2, -0.15) is 0 Å². The second kappa shape index (κ2) is 5.51. The summed E-state index contributed by atoms with van der Waals surface area (Å²) in [7, 11) is -3.58. The van der Waals surface area contributed by atoms with Gasteiger partial charge in [-0.05, 0) is 0 Å². The van der Waals surface area contributed by atoms with E-state index in [1.807, 2.05) is 0 Å². The van der Waals surface area contributed by atoms with Crippen LogP contribution in [0.15, 0.2) is 37.5 Å². The lowest BCUT2D eigenvalue weighted by Crippen LogP contribution is -2.26. The summed E-state index contributed by atoms with van der Waals surface area (Å²) in [6.07, 6.45) is 5.45. The lowest BCUT2D eigenvalue weighted by molar-refractivity contribution is 0.0150. The Balaban J connectivity index is 2.12. The van der Waals surface area contributed by atoms with Crippen molar-refractivity contribution in [3.05, 3.63) is 37.5 Å². The van der Waals surface area contributed by atoms with Crippen molar-refractivity contribution in [2.24, 2.45) is 0 Å². The number of rotatable bonds is 4. The first-order valence-corrected chi connectivity index (χ1v) is 7.27. The van der Waals surface area contributed by atoms with Crippen molar-refractivity contribution in [2.45, 2.75) is 37.3 Å². The first kappa shape index (κ1) is 13.7. The van der Waals surface area contributed by atoms with E-state index in [1.165, 1.54) is 6.08 Å². The van der Waals surface area contributed by atoms with Gasteiger partial charge < -0.3 is 5.11 Å². The molecule has 0 aromatic rings. The molecule has 0 spiro atoms. The number of fused-ring (bicyclic) bond motifs is 2. The fraction of sp³-hybridized carbons (Fsp3) is 0.500. The van der Waals surface area contributed by atoms with Gasteiger partial charge in [0.1, 0.15) is 0 Å². The molecule has 1 fully saturated rings. The van der Waals surface area contributed by atoms with E-state index in [-0.39, 0.29) is 18.6 Å². The molecule has 0 aromatic carbocycles. The van der Waals surface area contributed by atoms with Crippen LogP contribution in [0.25, 0.3) is 0 Å². The number of phosphoric ester groups is 1. The van der Waals surface area contributed by atoms with Gasteiger partial charge in [-0.1, -0.05) is 24.3 Å². The zero-order chi connectivity index (χ0) is 13.2. The molecule has 2 rings (SSSR count). The number of aliphatic hydroxyl groups is 1. The summed E-state index contributed by atoms with van der Waals surface area (Å²) < 4.78 is 28.2. The average Bonchev–Trinajstić information content (AvgIpc) is 2.44. The summed E-state index contributed by atoms with van der Waals surface area (Å²) in [4.78, 5) is 0. The van der Waals surface area contributed by atoms with Gasteiger partial charge in [-0.15, -0.1) is 13.2 Å². The number of aliphatic hydroxyl groups excluding tert-OH is 1. The van der Waals surface area contributed by atoms with E-state index in [4.69, 9.17) is 13.6 Å². The highest BCUT2D eigenvalue weighted by Gasteiger charge is 2.42. The molecule has 2 aliphatic heterocycles. The van der Waals surface area contributed by atoms with Crippen LogP contribution >= 0.6 is 7.82 Å². The number of phosphoric acid groups is 1. The van der Waals surface area contributed by atoms with Crippen molar-refractivity contribution < 1.29 is 23.2 Å². The van der Waals surface area contributed by atoms with Crippen LogP contribution < -0.4 is 0 Å². The Bertz CT molecular complexity index is 405. The van der Waals surface area contributed by atoms with Crippen molar-refractivity contribution >= 4 is 7.82 Å². The van der Waals surface area contributed by atoms with Crippen LogP contribution in [-0.2, 0) is 18.1 Å².